The molecule has 0 aliphatic carbocycles. The number of rotatable bonds is 4. The molecule has 0 radical (unpaired) electrons. The van der Waals surface area contributed by atoms with Crippen LogP contribution < -0.4 is 0 Å². The van der Waals surface area contributed by atoms with Gasteiger partial charge in [-0.2, -0.15) is 0 Å². The molecular weight excluding hydrogens is 520 g/mol. The number of hydrogen-bond donors (Lipinski definition) is 0. The molecule has 2 nitrogen and oxygen atoms in total. The topological polar surface area (TPSA) is 25.8 Å². The van der Waals surface area contributed by atoms with Gasteiger partial charge in [0.2, 0.25) is 0 Å². The summed E-state index contributed by atoms with van der Waals surface area (Å²) in [5.74, 6) is 0. The summed E-state index contributed by atoms with van der Waals surface area (Å²) in [6.45, 7) is 2.16. The van der Waals surface area contributed by atoms with Crippen LogP contribution in [0.1, 0.15) is 5.56 Å². The van der Waals surface area contributed by atoms with Crippen LogP contribution in [0, 0.1) is 6.92 Å². The maximum Gasteiger partial charge on any atom is 0.0725 e. The second-order valence-corrected chi connectivity index (χ2v) is 11.1. The number of aryl methyl sites for hydroxylation is 1. The van der Waals surface area contributed by atoms with E-state index >= 15 is 0 Å². The van der Waals surface area contributed by atoms with E-state index in [-0.39, 0.29) is 0 Å². The van der Waals surface area contributed by atoms with Crippen molar-refractivity contribution in [2.75, 3.05) is 0 Å². The Bertz CT molecular complexity index is 2240. The molecule has 0 bridgehead atoms. The van der Waals surface area contributed by atoms with Gasteiger partial charge in [0.05, 0.1) is 11.4 Å². The lowest BCUT2D eigenvalue weighted by atomic mass is 9.85. The van der Waals surface area contributed by atoms with Gasteiger partial charge in [-0.1, -0.05) is 103 Å². The number of fused-ring (bicyclic) bond motifs is 3. The largest absolute Gasteiger partial charge is 0.264 e. The second kappa shape index (κ2) is 10.3. The summed E-state index contributed by atoms with van der Waals surface area (Å²) in [6, 6.07) is 50.1. The average Bonchev–Trinajstić information content (AvgIpc) is 3.08. The Morgan fingerprint density at radius 2 is 1.05 bits per heavy atom. The zero-order chi connectivity index (χ0) is 28.8. The molecule has 43 heavy (non-hydrogen) atoms. The maximum atomic E-state index is 5.07. The molecule has 2 heterocycles. The minimum absolute atomic E-state index is 0.922. The predicted molar refractivity (Wildman–Crippen MR) is 181 cm³/mol. The highest BCUT2D eigenvalue weighted by Gasteiger charge is 2.18. The van der Waals surface area contributed by atoms with Crippen LogP contribution in [-0.4, -0.2) is 9.97 Å². The SMILES string of the molecule is Cc1ccc(-c2c3ccccc3c(-c3ccc4ccccc4c3)c3ccccc23)cc1-c1cccc(-c2cccnc2)n1. The lowest BCUT2D eigenvalue weighted by molar-refractivity contribution is 1.27. The number of pyridine rings is 2. The van der Waals surface area contributed by atoms with E-state index in [0.29, 0.717) is 0 Å². The van der Waals surface area contributed by atoms with Crippen LogP contribution in [0.4, 0.5) is 0 Å². The molecule has 202 valence electrons. The molecule has 2 aromatic heterocycles. The van der Waals surface area contributed by atoms with E-state index in [1.165, 1.54) is 60.1 Å². The molecule has 0 unspecified atom stereocenters. The van der Waals surface area contributed by atoms with Crippen molar-refractivity contribution in [2.45, 2.75) is 6.92 Å². The average molecular weight is 549 g/mol. The van der Waals surface area contributed by atoms with Crippen LogP contribution in [-0.2, 0) is 0 Å². The Balaban J connectivity index is 1.37. The molecule has 0 N–H and O–H groups in total. The molecule has 6 aromatic carbocycles. The Morgan fingerprint density at radius 3 is 1.72 bits per heavy atom. The highest BCUT2D eigenvalue weighted by Crippen LogP contribution is 2.44. The van der Waals surface area contributed by atoms with E-state index in [1.807, 2.05) is 18.3 Å². The van der Waals surface area contributed by atoms with Crippen LogP contribution >= 0.6 is 0 Å². The minimum atomic E-state index is 0.922. The van der Waals surface area contributed by atoms with Crippen LogP contribution in [0.25, 0.3) is 77.1 Å². The zero-order valence-electron chi connectivity index (χ0n) is 23.8. The fourth-order valence-corrected chi connectivity index (χ4v) is 6.41. The first-order valence-corrected chi connectivity index (χ1v) is 14.7. The van der Waals surface area contributed by atoms with Gasteiger partial charge in [0, 0.05) is 23.5 Å². The monoisotopic (exact) mass is 548 g/mol. The summed E-state index contributed by atoms with van der Waals surface area (Å²) in [5.41, 5.74) is 10.2. The van der Waals surface area contributed by atoms with Gasteiger partial charge in [0.25, 0.3) is 0 Å². The van der Waals surface area contributed by atoms with Crippen LogP contribution in [0.2, 0.25) is 0 Å². The van der Waals surface area contributed by atoms with E-state index in [2.05, 4.69) is 139 Å². The van der Waals surface area contributed by atoms with Gasteiger partial charge >= 0.3 is 0 Å². The highest BCUT2D eigenvalue weighted by atomic mass is 14.7. The standard InChI is InChI=1S/C41H28N2/c1-27-19-20-31(25-37(27)39-18-8-17-38(43-39)32-12-9-23-42-26-32)41-35-15-6-4-13-33(35)40(34-14-5-7-16-36(34)41)30-22-21-28-10-2-3-11-29(28)24-30/h2-26H,1H3. The van der Waals surface area contributed by atoms with Crippen molar-refractivity contribution in [2.24, 2.45) is 0 Å². The normalized spacial score (nSPS) is 11.4. The molecule has 0 aliphatic heterocycles. The van der Waals surface area contributed by atoms with Crippen molar-refractivity contribution >= 4 is 32.3 Å². The van der Waals surface area contributed by atoms with Gasteiger partial charge < -0.3 is 0 Å². The molecule has 0 aliphatic rings. The molecule has 0 saturated heterocycles. The molecule has 0 fully saturated rings. The van der Waals surface area contributed by atoms with E-state index in [9.17, 15) is 0 Å². The summed E-state index contributed by atoms with van der Waals surface area (Å²) in [4.78, 5) is 9.37. The molecule has 0 amide bonds. The maximum absolute atomic E-state index is 5.07. The smallest absolute Gasteiger partial charge is 0.0725 e. The highest BCUT2D eigenvalue weighted by molar-refractivity contribution is 6.21. The number of nitrogens with zero attached hydrogens (tertiary/aromatic N) is 2. The van der Waals surface area contributed by atoms with Crippen molar-refractivity contribution in [3.8, 4) is 44.8 Å². The number of aromatic nitrogens is 2. The van der Waals surface area contributed by atoms with Crippen LogP contribution in [0.15, 0.2) is 152 Å². The molecule has 2 heteroatoms. The van der Waals surface area contributed by atoms with Crippen molar-refractivity contribution in [3.05, 3.63) is 157 Å². The molecule has 0 atom stereocenters. The van der Waals surface area contributed by atoms with Gasteiger partial charge in [-0.25, -0.2) is 4.98 Å². The fourth-order valence-electron chi connectivity index (χ4n) is 6.41. The third kappa shape index (κ3) is 4.36. The first-order chi connectivity index (χ1) is 21.2. The van der Waals surface area contributed by atoms with Gasteiger partial charge in [0.15, 0.2) is 0 Å². The van der Waals surface area contributed by atoms with E-state index in [0.717, 1.165) is 22.5 Å². The minimum Gasteiger partial charge on any atom is -0.264 e. The molecule has 0 saturated carbocycles. The number of hydrogen-bond acceptors (Lipinski definition) is 2. The van der Waals surface area contributed by atoms with Crippen LogP contribution in [0.5, 0.6) is 0 Å². The summed E-state index contributed by atoms with van der Waals surface area (Å²) in [5, 5.41) is 7.51. The summed E-state index contributed by atoms with van der Waals surface area (Å²) in [6.07, 6.45) is 3.66. The third-order valence-corrected chi connectivity index (χ3v) is 8.48. The fraction of sp³-hybridized carbons (Fsp3) is 0.0244. The van der Waals surface area contributed by atoms with Crippen molar-refractivity contribution in [1.82, 2.24) is 9.97 Å². The Labute approximate surface area is 251 Å². The summed E-state index contributed by atoms with van der Waals surface area (Å²) >= 11 is 0. The van der Waals surface area contributed by atoms with Gasteiger partial charge in [0.1, 0.15) is 0 Å². The predicted octanol–water partition coefficient (Wildman–Crippen LogP) is 10.9. The molecule has 8 rings (SSSR count). The van der Waals surface area contributed by atoms with Crippen molar-refractivity contribution in [1.29, 1.82) is 0 Å². The van der Waals surface area contributed by atoms with Gasteiger partial charge in [-0.15, -0.1) is 0 Å². The second-order valence-electron chi connectivity index (χ2n) is 11.1. The summed E-state index contributed by atoms with van der Waals surface area (Å²) in [7, 11) is 0. The van der Waals surface area contributed by atoms with E-state index in [1.54, 1.807) is 6.20 Å². The Morgan fingerprint density at radius 1 is 0.442 bits per heavy atom. The Hall–Kier alpha value is -5.60. The van der Waals surface area contributed by atoms with Crippen molar-refractivity contribution in [3.63, 3.8) is 0 Å². The van der Waals surface area contributed by atoms with Crippen molar-refractivity contribution < 1.29 is 0 Å². The third-order valence-electron chi connectivity index (χ3n) is 8.48. The van der Waals surface area contributed by atoms with E-state index in [4.69, 9.17) is 4.98 Å². The van der Waals surface area contributed by atoms with Gasteiger partial charge in [-0.05, 0) is 103 Å². The Kier molecular flexibility index (Phi) is 6.05. The molecule has 8 aromatic rings. The number of benzene rings is 6. The lowest BCUT2D eigenvalue weighted by Gasteiger charge is -2.19. The first-order valence-electron chi connectivity index (χ1n) is 14.7. The zero-order valence-corrected chi connectivity index (χ0v) is 23.8. The van der Waals surface area contributed by atoms with Gasteiger partial charge in [-0.3, -0.25) is 4.98 Å². The lowest BCUT2D eigenvalue weighted by Crippen LogP contribution is -1.94. The quantitative estimate of drug-likeness (QED) is 0.204. The molecular formula is C41H28N2. The molecule has 0 spiro atoms. The van der Waals surface area contributed by atoms with Crippen LogP contribution in [0.3, 0.4) is 0 Å². The first kappa shape index (κ1) is 25.1. The summed E-state index contributed by atoms with van der Waals surface area (Å²) < 4.78 is 0. The van der Waals surface area contributed by atoms with E-state index < -0.39 is 0 Å².